The number of hydrogen-bond acceptors (Lipinski definition) is 2. The molecule has 0 heterocycles. The summed E-state index contributed by atoms with van der Waals surface area (Å²) in [6.45, 7) is -2.86. The minimum absolute atomic E-state index is 0.0644. The highest BCUT2D eigenvalue weighted by molar-refractivity contribution is 9.10. The largest absolute Gasteiger partial charge is 0.435 e. The van der Waals surface area contributed by atoms with E-state index in [1.807, 2.05) is 0 Å². The molecule has 2 aromatic carbocycles. The summed E-state index contributed by atoms with van der Waals surface area (Å²) in [6, 6.07) is 10.2. The first-order chi connectivity index (χ1) is 9.95. The Bertz CT molecular complexity index is 604. The first-order valence-electron chi connectivity index (χ1n) is 6.20. The van der Waals surface area contributed by atoms with Crippen molar-refractivity contribution in [1.82, 2.24) is 0 Å². The van der Waals surface area contributed by atoms with Gasteiger partial charge in [0.25, 0.3) is 0 Å². The molecule has 0 saturated carbocycles. The van der Waals surface area contributed by atoms with Crippen molar-refractivity contribution in [2.24, 2.45) is 5.73 Å². The van der Waals surface area contributed by atoms with E-state index in [2.05, 4.69) is 20.7 Å². The number of nitrogens with two attached hydrogens (primary N) is 1. The zero-order valence-electron chi connectivity index (χ0n) is 10.9. The molecule has 0 aliphatic heterocycles. The summed E-state index contributed by atoms with van der Waals surface area (Å²) in [5, 5.41) is 0. The third-order valence-corrected chi connectivity index (χ3v) is 3.47. The maximum absolute atomic E-state index is 13.7. The summed E-state index contributed by atoms with van der Waals surface area (Å²) in [6.07, 6.45) is 0.306. The van der Waals surface area contributed by atoms with E-state index in [0.717, 1.165) is 10.0 Å². The van der Waals surface area contributed by atoms with Crippen LogP contribution < -0.4 is 10.5 Å². The number of halogens is 4. The van der Waals surface area contributed by atoms with Gasteiger partial charge < -0.3 is 10.5 Å². The van der Waals surface area contributed by atoms with Gasteiger partial charge in [0.1, 0.15) is 11.6 Å². The normalized spacial score (nSPS) is 12.5. The number of hydrogen-bond donors (Lipinski definition) is 1. The van der Waals surface area contributed by atoms with Gasteiger partial charge in [0.05, 0.1) is 0 Å². The first-order valence-corrected chi connectivity index (χ1v) is 6.99. The van der Waals surface area contributed by atoms with Crippen LogP contribution in [0.1, 0.15) is 17.2 Å². The molecule has 0 saturated heterocycles. The lowest BCUT2D eigenvalue weighted by Gasteiger charge is -2.14. The van der Waals surface area contributed by atoms with Crippen molar-refractivity contribution >= 4 is 15.9 Å². The maximum atomic E-state index is 13.7. The van der Waals surface area contributed by atoms with E-state index < -0.39 is 12.7 Å². The predicted molar refractivity (Wildman–Crippen MR) is 77.8 cm³/mol. The Balaban J connectivity index is 2.09. The van der Waals surface area contributed by atoms with Crippen LogP contribution in [-0.4, -0.2) is 6.61 Å². The molecule has 0 bridgehead atoms. The quantitative estimate of drug-likeness (QED) is 0.856. The molecular formula is C15H13BrF3NO. The highest BCUT2D eigenvalue weighted by Gasteiger charge is 2.12. The van der Waals surface area contributed by atoms with Gasteiger partial charge in [0.15, 0.2) is 0 Å². The third-order valence-electron chi connectivity index (χ3n) is 2.98. The van der Waals surface area contributed by atoms with E-state index in [0.29, 0.717) is 12.0 Å². The molecule has 2 N–H and O–H groups in total. The molecule has 2 aromatic rings. The van der Waals surface area contributed by atoms with E-state index in [-0.39, 0.29) is 11.6 Å². The molecule has 112 valence electrons. The lowest BCUT2D eigenvalue weighted by Crippen LogP contribution is -2.14. The van der Waals surface area contributed by atoms with E-state index in [1.54, 1.807) is 24.3 Å². The van der Waals surface area contributed by atoms with Crippen LogP contribution >= 0.6 is 15.9 Å². The van der Waals surface area contributed by atoms with E-state index in [1.165, 1.54) is 18.2 Å². The number of rotatable bonds is 5. The van der Waals surface area contributed by atoms with Gasteiger partial charge in [-0.05, 0) is 47.9 Å². The van der Waals surface area contributed by atoms with Crippen LogP contribution in [0.2, 0.25) is 0 Å². The van der Waals surface area contributed by atoms with Crippen molar-refractivity contribution < 1.29 is 17.9 Å². The molecule has 0 fully saturated rings. The first kappa shape index (κ1) is 15.9. The zero-order chi connectivity index (χ0) is 15.4. The van der Waals surface area contributed by atoms with Crippen LogP contribution in [-0.2, 0) is 6.42 Å². The molecular weight excluding hydrogens is 347 g/mol. The van der Waals surface area contributed by atoms with Crippen molar-refractivity contribution in [1.29, 1.82) is 0 Å². The number of ether oxygens (including phenoxy) is 1. The van der Waals surface area contributed by atoms with E-state index in [4.69, 9.17) is 5.73 Å². The molecule has 0 radical (unpaired) electrons. The minimum Gasteiger partial charge on any atom is -0.435 e. The molecule has 1 unspecified atom stereocenters. The van der Waals surface area contributed by atoms with Gasteiger partial charge in [0.2, 0.25) is 0 Å². The van der Waals surface area contributed by atoms with Gasteiger partial charge in [-0.25, -0.2) is 4.39 Å². The number of alkyl halides is 2. The lowest BCUT2D eigenvalue weighted by atomic mass is 9.99. The Hall–Kier alpha value is -1.53. The second-order valence-electron chi connectivity index (χ2n) is 4.49. The summed E-state index contributed by atoms with van der Waals surface area (Å²) in [7, 11) is 0. The van der Waals surface area contributed by atoms with Crippen molar-refractivity contribution in [3.05, 3.63) is 63.9 Å². The fraction of sp³-hybridized carbons (Fsp3) is 0.200. The average molecular weight is 360 g/mol. The fourth-order valence-electron chi connectivity index (χ4n) is 1.95. The van der Waals surface area contributed by atoms with E-state index >= 15 is 0 Å². The van der Waals surface area contributed by atoms with Crippen LogP contribution in [0.3, 0.4) is 0 Å². The minimum atomic E-state index is -2.86. The molecule has 0 aromatic heterocycles. The molecule has 21 heavy (non-hydrogen) atoms. The van der Waals surface area contributed by atoms with Gasteiger partial charge >= 0.3 is 6.61 Å². The summed E-state index contributed by atoms with van der Waals surface area (Å²) >= 11 is 3.28. The van der Waals surface area contributed by atoms with Crippen molar-refractivity contribution in [3.8, 4) is 5.75 Å². The van der Waals surface area contributed by atoms with Gasteiger partial charge in [-0.2, -0.15) is 8.78 Å². The highest BCUT2D eigenvalue weighted by Crippen LogP contribution is 2.23. The summed E-state index contributed by atoms with van der Waals surface area (Å²) in [5.74, 6) is -0.263. The summed E-state index contributed by atoms with van der Waals surface area (Å²) in [5.41, 5.74) is 7.24. The second kappa shape index (κ2) is 6.95. The molecule has 0 amide bonds. The summed E-state index contributed by atoms with van der Waals surface area (Å²) < 4.78 is 42.8. The molecule has 6 heteroatoms. The molecule has 1 atom stereocenters. The monoisotopic (exact) mass is 359 g/mol. The second-order valence-corrected chi connectivity index (χ2v) is 5.41. The van der Waals surface area contributed by atoms with Crippen LogP contribution in [0.5, 0.6) is 5.75 Å². The Morgan fingerprint density at radius 1 is 1.10 bits per heavy atom. The van der Waals surface area contributed by atoms with Crippen LogP contribution in [0.25, 0.3) is 0 Å². The smallest absolute Gasteiger partial charge is 0.387 e. The molecule has 0 spiro atoms. The maximum Gasteiger partial charge on any atom is 0.387 e. The molecule has 0 aliphatic rings. The van der Waals surface area contributed by atoms with Crippen molar-refractivity contribution in [3.63, 3.8) is 0 Å². The Morgan fingerprint density at radius 2 is 1.76 bits per heavy atom. The average Bonchev–Trinajstić information content (AvgIpc) is 2.43. The lowest BCUT2D eigenvalue weighted by molar-refractivity contribution is -0.0498. The van der Waals surface area contributed by atoms with Gasteiger partial charge in [-0.3, -0.25) is 0 Å². The van der Waals surface area contributed by atoms with Gasteiger partial charge in [-0.15, -0.1) is 0 Å². The van der Waals surface area contributed by atoms with Crippen LogP contribution in [0.15, 0.2) is 46.9 Å². The fourth-order valence-corrected chi connectivity index (χ4v) is 2.36. The third kappa shape index (κ3) is 4.47. The van der Waals surface area contributed by atoms with Crippen LogP contribution in [0.4, 0.5) is 13.2 Å². The van der Waals surface area contributed by atoms with Crippen molar-refractivity contribution in [2.75, 3.05) is 0 Å². The Morgan fingerprint density at radius 3 is 2.38 bits per heavy atom. The topological polar surface area (TPSA) is 35.2 Å². The zero-order valence-corrected chi connectivity index (χ0v) is 12.5. The standard InChI is InChI=1S/C15H13BrF3NO/c16-11-3-6-13(17)10(7-11)8-14(20)9-1-4-12(5-2-9)21-15(18)19/h1-7,14-15H,8,20H2. The van der Waals surface area contributed by atoms with Gasteiger partial charge in [0, 0.05) is 10.5 Å². The summed E-state index contributed by atoms with van der Waals surface area (Å²) in [4.78, 5) is 0. The van der Waals surface area contributed by atoms with Gasteiger partial charge in [-0.1, -0.05) is 28.1 Å². The van der Waals surface area contributed by atoms with Crippen LogP contribution in [0, 0.1) is 5.82 Å². The predicted octanol–water partition coefficient (Wildman–Crippen LogP) is 4.43. The Kier molecular flexibility index (Phi) is 5.25. The van der Waals surface area contributed by atoms with E-state index in [9.17, 15) is 13.2 Å². The molecule has 2 rings (SSSR count). The Labute approximate surface area is 128 Å². The molecule has 0 aliphatic carbocycles. The van der Waals surface area contributed by atoms with Crippen molar-refractivity contribution in [2.45, 2.75) is 19.1 Å². The SMILES string of the molecule is NC(Cc1cc(Br)ccc1F)c1ccc(OC(F)F)cc1. The number of benzene rings is 2. The highest BCUT2D eigenvalue weighted by atomic mass is 79.9. The molecule has 2 nitrogen and oxygen atoms in total.